The fourth-order valence-corrected chi connectivity index (χ4v) is 2.66. The normalized spacial score (nSPS) is 12.2. The number of hydrogen-bond acceptors (Lipinski definition) is 2. The quantitative estimate of drug-likeness (QED) is 0.333. The molecule has 1 aromatic rings. The molecule has 1 atom stereocenters. The van der Waals surface area contributed by atoms with Gasteiger partial charge in [0.15, 0.2) is 0 Å². The van der Waals surface area contributed by atoms with E-state index in [0.717, 1.165) is 37.9 Å². The highest BCUT2D eigenvalue weighted by Crippen LogP contribution is 2.28. The van der Waals surface area contributed by atoms with Gasteiger partial charge in [0.1, 0.15) is 0 Å². The van der Waals surface area contributed by atoms with E-state index in [2.05, 4.69) is 74.0 Å². The van der Waals surface area contributed by atoms with Gasteiger partial charge in [-0.25, -0.2) is 0 Å². The first-order valence-corrected chi connectivity index (χ1v) is 9.48. The molecular formula is C23H34N2. The Balaban J connectivity index is 2.68. The van der Waals surface area contributed by atoms with Crippen molar-refractivity contribution in [3.63, 3.8) is 0 Å². The van der Waals surface area contributed by atoms with Crippen molar-refractivity contribution in [2.75, 3.05) is 13.1 Å². The molecule has 1 aromatic carbocycles. The SMILES string of the molecule is C=C(NCCCN)C(C/C(C)=C/CC#CCCCC)c1ccccc1. The van der Waals surface area contributed by atoms with Gasteiger partial charge in [0, 0.05) is 31.0 Å². The Morgan fingerprint density at radius 1 is 1.24 bits per heavy atom. The molecule has 0 bridgehead atoms. The number of allylic oxidation sites excluding steroid dienone is 3. The van der Waals surface area contributed by atoms with E-state index in [4.69, 9.17) is 5.73 Å². The van der Waals surface area contributed by atoms with E-state index >= 15 is 0 Å². The molecule has 3 N–H and O–H groups in total. The summed E-state index contributed by atoms with van der Waals surface area (Å²) in [5.41, 5.74) is 9.32. The summed E-state index contributed by atoms with van der Waals surface area (Å²) in [5, 5.41) is 3.45. The van der Waals surface area contributed by atoms with Crippen LogP contribution >= 0.6 is 0 Å². The third kappa shape index (κ3) is 9.17. The minimum Gasteiger partial charge on any atom is -0.388 e. The van der Waals surface area contributed by atoms with Crippen LogP contribution in [0.2, 0.25) is 0 Å². The highest BCUT2D eigenvalue weighted by molar-refractivity contribution is 5.29. The summed E-state index contributed by atoms with van der Waals surface area (Å²) in [7, 11) is 0. The summed E-state index contributed by atoms with van der Waals surface area (Å²) in [6, 6.07) is 10.6. The molecule has 2 nitrogen and oxygen atoms in total. The van der Waals surface area contributed by atoms with Gasteiger partial charge < -0.3 is 11.1 Å². The Morgan fingerprint density at radius 2 is 2.00 bits per heavy atom. The van der Waals surface area contributed by atoms with Crippen LogP contribution in [-0.4, -0.2) is 13.1 Å². The zero-order chi connectivity index (χ0) is 18.3. The van der Waals surface area contributed by atoms with Gasteiger partial charge in [-0.2, -0.15) is 0 Å². The Hall–Kier alpha value is -1.98. The predicted molar refractivity (Wildman–Crippen MR) is 110 cm³/mol. The second-order valence-corrected chi connectivity index (χ2v) is 6.47. The molecule has 1 rings (SSSR count). The number of hydrogen-bond donors (Lipinski definition) is 2. The van der Waals surface area contributed by atoms with E-state index in [1.165, 1.54) is 24.0 Å². The van der Waals surface area contributed by atoms with E-state index in [1.807, 2.05) is 0 Å². The first kappa shape index (κ1) is 21.1. The number of benzene rings is 1. The number of rotatable bonds is 11. The maximum absolute atomic E-state index is 5.59. The molecule has 0 heterocycles. The van der Waals surface area contributed by atoms with Crippen LogP contribution in [0, 0.1) is 11.8 Å². The van der Waals surface area contributed by atoms with Gasteiger partial charge in [-0.15, -0.1) is 5.92 Å². The van der Waals surface area contributed by atoms with Crippen LogP contribution in [0.15, 0.2) is 54.3 Å². The summed E-state index contributed by atoms with van der Waals surface area (Å²) in [4.78, 5) is 0. The molecule has 1 unspecified atom stereocenters. The fraction of sp³-hybridized carbons (Fsp3) is 0.478. The van der Waals surface area contributed by atoms with Gasteiger partial charge in [-0.1, -0.05) is 67.8 Å². The fourth-order valence-electron chi connectivity index (χ4n) is 2.66. The van der Waals surface area contributed by atoms with Gasteiger partial charge in [0.05, 0.1) is 0 Å². The lowest BCUT2D eigenvalue weighted by Gasteiger charge is -2.22. The Bertz CT molecular complexity index is 575. The second-order valence-electron chi connectivity index (χ2n) is 6.47. The maximum atomic E-state index is 5.59. The first-order valence-electron chi connectivity index (χ1n) is 9.48. The van der Waals surface area contributed by atoms with Crippen molar-refractivity contribution in [3.8, 4) is 11.8 Å². The Labute approximate surface area is 154 Å². The van der Waals surface area contributed by atoms with E-state index in [1.54, 1.807) is 0 Å². The van der Waals surface area contributed by atoms with Crippen LogP contribution in [0.5, 0.6) is 0 Å². The van der Waals surface area contributed by atoms with Crippen LogP contribution in [0.4, 0.5) is 0 Å². The van der Waals surface area contributed by atoms with Crippen LogP contribution in [0.3, 0.4) is 0 Å². The topological polar surface area (TPSA) is 38.0 Å². The lowest BCUT2D eigenvalue weighted by molar-refractivity contribution is 0.653. The third-order valence-electron chi connectivity index (χ3n) is 4.21. The Morgan fingerprint density at radius 3 is 2.68 bits per heavy atom. The molecule has 0 saturated carbocycles. The Kier molecular flexibility index (Phi) is 11.2. The van der Waals surface area contributed by atoms with Crippen molar-refractivity contribution in [2.45, 2.75) is 58.3 Å². The van der Waals surface area contributed by atoms with Gasteiger partial charge in [0.2, 0.25) is 0 Å². The molecular weight excluding hydrogens is 304 g/mol. The van der Waals surface area contributed by atoms with Crippen molar-refractivity contribution < 1.29 is 0 Å². The molecule has 0 radical (unpaired) electrons. The molecule has 0 fully saturated rings. The largest absolute Gasteiger partial charge is 0.388 e. The molecule has 0 aliphatic carbocycles. The molecule has 0 aliphatic rings. The van der Waals surface area contributed by atoms with Crippen molar-refractivity contribution >= 4 is 0 Å². The van der Waals surface area contributed by atoms with Crippen molar-refractivity contribution in [3.05, 3.63) is 59.8 Å². The number of nitrogens with two attached hydrogens (primary N) is 1. The zero-order valence-electron chi connectivity index (χ0n) is 16.0. The van der Waals surface area contributed by atoms with Gasteiger partial charge in [-0.3, -0.25) is 0 Å². The highest BCUT2D eigenvalue weighted by atomic mass is 14.9. The van der Waals surface area contributed by atoms with Crippen LogP contribution < -0.4 is 11.1 Å². The second kappa shape index (κ2) is 13.3. The maximum Gasteiger partial charge on any atom is 0.0272 e. The molecule has 2 heteroatoms. The molecule has 0 saturated heterocycles. The average molecular weight is 339 g/mol. The monoisotopic (exact) mass is 338 g/mol. The third-order valence-corrected chi connectivity index (χ3v) is 4.21. The van der Waals surface area contributed by atoms with Crippen LogP contribution in [-0.2, 0) is 0 Å². The predicted octanol–water partition coefficient (Wildman–Crippen LogP) is 5.14. The highest BCUT2D eigenvalue weighted by Gasteiger charge is 2.15. The number of unbranched alkanes of at least 4 members (excludes halogenated alkanes) is 2. The van der Waals surface area contributed by atoms with E-state index in [9.17, 15) is 0 Å². The minimum atomic E-state index is 0.281. The molecule has 0 aromatic heterocycles. The standard InChI is InChI=1S/C23H34N2/c1-4-5-6-7-8-10-14-20(2)19-23(21(3)25-18-13-17-24)22-15-11-9-12-16-22/h9,11-12,14-16,23,25H,3-6,10,13,17-19,24H2,1-2H3/b20-14+. The number of nitrogens with one attached hydrogen (secondary N) is 1. The summed E-state index contributed by atoms with van der Waals surface area (Å²) in [6.45, 7) is 10.2. The molecule has 0 spiro atoms. The lowest BCUT2D eigenvalue weighted by atomic mass is 9.89. The summed E-state index contributed by atoms with van der Waals surface area (Å²) in [5.74, 6) is 6.79. The van der Waals surface area contributed by atoms with Crippen LogP contribution in [0.1, 0.15) is 63.9 Å². The average Bonchev–Trinajstić information content (AvgIpc) is 2.63. The van der Waals surface area contributed by atoms with E-state index in [-0.39, 0.29) is 5.92 Å². The summed E-state index contributed by atoms with van der Waals surface area (Å²) < 4.78 is 0. The van der Waals surface area contributed by atoms with Gasteiger partial charge in [0.25, 0.3) is 0 Å². The van der Waals surface area contributed by atoms with E-state index < -0.39 is 0 Å². The van der Waals surface area contributed by atoms with Gasteiger partial charge >= 0.3 is 0 Å². The minimum absolute atomic E-state index is 0.281. The summed E-state index contributed by atoms with van der Waals surface area (Å²) >= 11 is 0. The van der Waals surface area contributed by atoms with Crippen molar-refractivity contribution in [1.29, 1.82) is 0 Å². The molecule has 0 amide bonds. The van der Waals surface area contributed by atoms with Crippen molar-refractivity contribution in [2.24, 2.45) is 5.73 Å². The first-order chi connectivity index (χ1) is 12.2. The molecule has 25 heavy (non-hydrogen) atoms. The molecule has 136 valence electrons. The summed E-state index contributed by atoms with van der Waals surface area (Å²) in [6.07, 6.45) is 8.43. The molecule has 0 aliphatic heterocycles. The van der Waals surface area contributed by atoms with Gasteiger partial charge in [-0.05, 0) is 38.3 Å². The van der Waals surface area contributed by atoms with E-state index in [0.29, 0.717) is 6.54 Å². The van der Waals surface area contributed by atoms with Crippen LogP contribution in [0.25, 0.3) is 0 Å². The lowest BCUT2D eigenvalue weighted by Crippen LogP contribution is -2.21. The van der Waals surface area contributed by atoms with Crippen molar-refractivity contribution in [1.82, 2.24) is 5.32 Å². The zero-order valence-corrected chi connectivity index (χ0v) is 16.0. The smallest absolute Gasteiger partial charge is 0.0272 e.